The van der Waals surface area contributed by atoms with Crippen LogP contribution in [0.25, 0.3) is 22.5 Å². The number of carbonyl (C=O) groups is 2. The summed E-state index contributed by atoms with van der Waals surface area (Å²) < 4.78 is 5.47. The Morgan fingerprint density at radius 3 is 2.52 bits per heavy atom. The molecule has 0 aliphatic carbocycles. The summed E-state index contributed by atoms with van der Waals surface area (Å²) in [4.78, 5) is 26.9. The molecule has 9 nitrogen and oxygen atoms in total. The third-order valence-corrected chi connectivity index (χ3v) is 8.54. The van der Waals surface area contributed by atoms with Crippen LogP contribution in [0, 0.1) is 11.3 Å². The first kappa shape index (κ1) is 28.0. The number of hydrogen-bond donors (Lipinski definition) is 1. The second-order valence-electron chi connectivity index (χ2n) is 11.4. The van der Waals surface area contributed by atoms with Crippen LogP contribution < -0.4 is 0 Å². The van der Waals surface area contributed by atoms with Gasteiger partial charge < -0.3 is 4.74 Å². The minimum absolute atomic E-state index is 0.0603. The maximum Gasteiger partial charge on any atom is 0.313 e. The first-order valence-corrected chi connectivity index (χ1v) is 14.6. The minimum Gasteiger partial charge on any atom is -0.466 e. The third-order valence-electron chi connectivity index (χ3n) is 8.54. The topological polar surface area (TPSA) is 104 Å². The van der Waals surface area contributed by atoms with Crippen molar-refractivity contribution in [2.45, 2.75) is 78.3 Å². The molecular weight excluding hydrogens is 504 g/mol. The standard InChI is InChI=1S/C31H40N6O3/c1-5-7-13-26-25(29(38)36-19-10-14-27(37(26)36)31(3,4)30(39)40-6-2)20-21-15-17-22(18-16-21)23-11-8-9-12-24(23)28-32-34-35-33-28/h8-9,11-12,15-18,25-27H,5-7,10,13-14,19-20H2,1-4H3,(H,32,33,34,35). The van der Waals surface area contributed by atoms with Gasteiger partial charge in [-0.15, -0.1) is 10.2 Å². The van der Waals surface area contributed by atoms with E-state index in [9.17, 15) is 9.59 Å². The highest BCUT2D eigenvalue weighted by Gasteiger charge is 2.55. The van der Waals surface area contributed by atoms with E-state index in [0.29, 0.717) is 25.4 Å². The lowest BCUT2D eigenvalue weighted by atomic mass is 9.79. The van der Waals surface area contributed by atoms with E-state index >= 15 is 0 Å². The molecule has 1 aromatic heterocycles. The molecule has 3 unspecified atom stereocenters. The lowest BCUT2D eigenvalue weighted by Gasteiger charge is -2.48. The van der Waals surface area contributed by atoms with Crippen molar-refractivity contribution in [3.8, 4) is 22.5 Å². The van der Waals surface area contributed by atoms with Crippen molar-refractivity contribution in [2.24, 2.45) is 11.3 Å². The summed E-state index contributed by atoms with van der Waals surface area (Å²) in [5.41, 5.74) is 3.42. The van der Waals surface area contributed by atoms with Gasteiger partial charge in [0.25, 0.3) is 0 Å². The Balaban J connectivity index is 1.41. The summed E-state index contributed by atoms with van der Waals surface area (Å²) in [7, 11) is 0. The van der Waals surface area contributed by atoms with Gasteiger partial charge >= 0.3 is 5.97 Å². The fourth-order valence-corrected chi connectivity index (χ4v) is 6.42. The number of hydrazine groups is 1. The van der Waals surface area contributed by atoms with Crippen LogP contribution in [0.1, 0.15) is 65.4 Å². The molecule has 0 bridgehead atoms. The lowest BCUT2D eigenvalue weighted by molar-refractivity contribution is -0.175. The van der Waals surface area contributed by atoms with Crippen LogP contribution in [-0.2, 0) is 20.7 Å². The molecule has 3 aromatic rings. The van der Waals surface area contributed by atoms with Crippen LogP contribution in [0.15, 0.2) is 48.5 Å². The number of benzene rings is 2. The van der Waals surface area contributed by atoms with Gasteiger partial charge in [-0.1, -0.05) is 68.3 Å². The fourth-order valence-electron chi connectivity index (χ4n) is 6.42. The average Bonchev–Trinajstić information content (AvgIpc) is 3.60. The maximum absolute atomic E-state index is 13.9. The molecule has 3 atom stereocenters. The molecule has 212 valence electrons. The number of unbranched alkanes of at least 4 members (excludes halogenated alkanes) is 1. The molecule has 1 N–H and O–H groups in total. The highest BCUT2D eigenvalue weighted by molar-refractivity contribution is 5.83. The van der Waals surface area contributed by atoms with Crippen molar-refractivity contribution < 1.29 is 14.3 Å². The van der Waals surface area contributed by atoms with Crippen LogP contribution in [-0.4, -0.2) is 67.8 Å². The number of rotatable bonds is 10. The summed E-state index contributed by atoms with van der Waals surface area (Å²) in [6.45, 7) is 9.03. The number of aromatic amines is 1. The molecule has 2 aliphatic rings. The fraction of sp³-hybridized carbons (Fsp3) is 0.516. The third kappa shape index (κ3) is 5.27. The van der Waals surface area contributed by atoms with E-state index in [1.165, 1.54) is 0 Å². The molecule has 5 rings (SSSR count). The average molecular weight is 545 g/mol. The van der Waals surface area contributed by atoms with Crippen molar-refractivity contribution in [2.75, 3.05) is 13.2 Å². The van der Waals surface area contributed by atoms with Crippen molar-refractivity contribution >= 4 is 11.9 Å². The van der Waals surface area contributed by atoms with Crippen LogP contribution >= 0.6 is 0 Å². The van der Waals surface area contributed by atoms with Crippen LogP contribution in [0.2, 0.25) is 0 Å². The normalized spacial score (nSPS) is 21.4. The van der Waals surface area contributed by atoms with E-state index in [4.69, 9.17) is 4.74 Å². The van der Waals surface area contributed by atoms with Crippen molar-refractivity contribution in [3.63, 3.8) is 0 Å². The van der Waals surface area contributed by atoms with Gasteiger partial charge in [-0.2, -0.15) is 5.21 Å². The number of tetrazole rings is 1. The zero-order valence-corrected chi connectivity index (χ0v) is 24.0. The zero-order valence-electron chi connectivity index (χ0n) is 24.0. The van der Waals surface area contributed by atoms with Crippen LogP contribution in [0.5, 0.6) is 0 Å². The number of nitrogens with zero attached hydrogens (tertiary/aromatic N) is 5. The molecule has 9 heteroatoms. The summed E-state index contributed by atoms with van der Waals surface area (Å²) in [5.74, 6) is 0.393. The number of nitrogens with one attached hydrogen (secondary N) is 1. The molecule has 2 aliphatic heterocycles. The molecule has 0 saturated carbocycles. The van der Waals surface area contributed by atoms with Gasteiger partial charge in [-0.25, -0.2) is 5.01 Å². The first-order valence-electron chi connectivity index (χ1n) is 14.6. The van der Waals surface area contributed by atoms with Crippen LogP contribution in [0.4, 0.5) is 0 Å². The van der Waals surface area contributed by atoms with Gasteiger partial charge in [-0.3, -0.25) is 14.6 Å². The smallest absolute Gasteiger partial charge is 0.313 e. The van der Waals surface area contributed by atoms with E-state index in [-0.39, 0.29) is 29.9 Å². The van der Waals surface area contributed by atoms with Gasteiger partial charge in [0.15, 0.2) is 0 Å². The lowest BCUT2D eigenvalue weighted by Crippen LogP contribution is -2.59. The molecule has 0 spiro atoms. The molecule has 40 heavy (non-hydrogen) atoms. The van der Waals surface area contributed by atoms with Gasteiger partial charge in [0.1, 0.15) is 0 Å². The van der Waals surface area contributed by atoms with Gasteiger partial charge in [0.05, 0.1) is 17.9 Å². The van der Waals surface area contributed by atoms with E-state index in [2.05, 4.69) is 62.9 Å². The SMILES string of the molecule is CCCCC1C(Cc2ccc(-c3ccccc3-c3nn[nH]n3)cc2)C(=O)N2CCCC(C(C)(C)C(=O)OCC)N12. The number of hydrogen-bond acceptors (Lipinski definition) is 7. The molecule has 0 radical (unpaired) electrons. The van der Waals surface area contributed by atoms with E-state index in [1.807, 2.05) is 44.0 Å². The Labute approximate surface area is 236 Å². The number of fused-ring (bicyclic) bond motifs is 1. The van der Waals surface area contributed by atoms with Crippen LogP contribution in [0.3, 0.4) is 0 Å². The Morgan fingerprint density at radius 1 is 1.10 bits per heavy atom. The molecular formula is C31H40N6O3. The number of carbonyl (C=O) groups excluding carboxylic acids is 2. The number of esters is 1. The highest BCUT2D eigenvalue weighted by atomic mass is 16.5. The summed E-state index contributed by atoms with van der Waals surface area (Å²) >= 11 is 0. The van der Waals surface area contributed by atoms with Gasteiger partial charge in [-0.05, 0) is 68.4 Å². The Bertz CT molecular complexity index is 1310. The second-order valence-corrected chi connectivity index (χ2v) is 11.4. The Morgan fingerprint density at radius 2 is 1.85 bits per heavy atom. The molecule has 2 aromatic carbocycles. The predicted molar refractivity (Wildman–Crippen MR) is 153 cm³/mol. The number of ether oxygens (including phenoxy) is 1. The number of amides is 1. The maximum atomic E-state index is 13.9. The quantitative estimate of drug-likeness (QED) is 0.356. The van der Waals surface area contributed by atoms with Crippen molar-refractivity contribution in [1.29, 1.82) is 0 Å². The Hall–Kier alpha value is -3.59. The largest absolute Gasteiger partial charge is 0.466 e. The molecule has 2 saturated heterocycles. The van der Waals surface area contributed by atoms with Gasteiger partial charge in [0.2, 0.25) is 11.7 Å². The highest BCUT2D eigenvalue weighted by Crippen LogP contribution is 2.43. The summed E-state index contributed by atoms with van der Waals surface area (Å²) in [6, 6.07) is 16.5. The van der Waals surface area contributed by atoms with E-state index < -0.39 is 5.41 Å². The summed E-state index contributed by atoms with van der Waals surface area (Å²) in [6.07, 6.45) is 5.45. The van der Waals surface area contributed by atoms with E-state index in [0.717, 1.165) is 54.4 Å². The molecule has 2 fully saturated rings. The van der Waals surface area contributed by atoms with Gasteiger partial charge in [0, 0.05) is 24.2 Å². The van der Waals surface area contributed by atoms with Crippen molar-refractivity contribution in [3.05, 3.63) is 54.1 Å². The number of H-pyrrole nitrogens is 1. The number of aromatic nitrogens is 4. The minimum atomic E-state index is -0.706. The molecule has 1 amide bonds. The summed E-state index contributed by atoms with van der Waals surface area (Å²) in [5, 5.41) is 18.8. The van der Waals surface area contributed by atoms with E-state index in [1.54, 1.807) is 0 Å². The second kappa shape index (κ2) is 11.9. The predicted octanol–water partition coefficient (Wildman–Crippen LogP) is 5.06. The first-order chi connectivity index (χ1) is 19.4. The Kier molecular flexibility index (Phi) is 8.30. The van der Waals surface area contributed by atoms with Crippen molar-refractivity contribution in [1.82, 2.24) is 30.6 Å². The monoisotopic (exact) mass is 544 g/mol. The molecule has 3 heterocycles. The zero-order chi connectivity index (χ0) is 28.3.